The van der Waals surface area contributed by atoms with Crippen molar-refractivity contribution >= 4 is 0 Å². The summed E-state index contributed by atoms with van der Waals surface area (Å²) >= 11 is 0. The van der Waals surface area contributed by atoms with Crippen molar-refractivity contribution < 1.29 is 9.13 Å². The van der Waals surface area contributed by atoms with E-state index in [0.717, 1.165) is 24.8 Å². The second kappa shape index (κ2) is 4.06. The summed E-state index contributed by atoms with van der Waals surface area (Å²) in [7, 11) is 0. The Bertz CT molecular complexity index is 388. The molecule has 0 spiro atoms. The van der Waals surface area contributed by atoms with E-state index in [2.05, 4.69) is 13.8 Å². The summed E-state index contributed by atoms with van der Waals surface area (Å²) in [4.78, 5) is 0. The molecular formula is C13H18FNO. The number of halogens is 1. The van der Waals surface area contributed by atoms with Gasteiger partial charge in [0.1, 0.15) is 5.60 Å². The van der Waals surface area contributed by atoms with Gasteiger partial charge >= 0.3 is 0 Å². The van der Waals surface area contributed by atoms with Crippen molar-refractivity contribution in [3.8, 4) is 5.75 Å². The molecule has 1 atom stereocenters. The molecule has 0 saturated heterocycles. The van der Waals surface area contributed by atoms with Crippen LogP contribution in [0, 0.1) is 5.82 Å². The molecule has 0 radical (unpaired) electrons. The van der Waals surface area contributed by atoms with Gasteiger partial charge in [0.05, 0.1) is 0 Å². The predicted molar refractivity (Wildman–Crippen MR) is 61.9 cm³/mol. The lowest BCUT2D eigenvalue weighted by Gasteiger charge is -2.40. The molecule has 16 heavy (non-hydrogen) atoms. The van der Waals surface area contributed by atoms with Gasteiger partial charge in [0.15, 0.2) is 11.6 Å². The molecule has 88 valence electrons. The van der Waals surface area contributed by atoms with Crippen LogP contribution in [0.1, 0.15) is 44.7 Å². The lowest BCUT2D eigenvalue weighted by atomic mass is 9.84. The van der Waals surface area contributed by atoms with Gasteiger partial charge in [0.25, 0.3) is 0 Å². The first-order chi connectivity index (χ1) is 7.62. The fraction of sp³-hybridized carbons (Fsp3) is 0.538. The van der Waals surface area contributed by atoms with Crippen LogP contribution in [0.5, 0.6) is 5.75 Å². The van der Waals surface area contributed by atoms with Crippen molar-refractivity contribution in [1.29, 1.82) is 0 Å². The van der Waals surface area contributed by atoms with Gasteiger partial charge in [-0.1, -0.05) is 26.0 Å². The quantitative estimate of drug-likeness (QED) is 0.835. The van der Waals surface area contributed by atoms with Gasteiger partial charge in [-0.05, 0) is 18.9 Å². The van der Waals surface area contributed by atoms with Crippen LogP contribution in [0.25, 0.3) is 0 Å². The highest BCUT2D eigenvalue weighted by molar-refractivity contribution is 5.40. The summed E-state index contributed by atoms with van der Waals surface area (Å²) < 4.78 is 19.5. The molecule has 2 N–H and O–H groups in total. The van der Waals surface area contributed by atoms with E-state index in [1.807, 2.05) is 6.07 Å². The van der Waals surface area contributed by atoms with Crippen molar-refractivity contribution in [2.45, 2.75) is 44.8 Å². The fourth-order valence-corrected chi connectivity index (χ4v) is 2.38. The van der Waals surface area contributed by atoms with Crippen LogP contribution in [0.3, 0.4) is 0 Å². The molecule has 0 amide bonds. The monoisotopic (exact) mass is 223 g/mol. The van der Waals surface area contributed by atoms with Crippen LogP contribution in [0.2, 0.25) is 0 Å². The Morgan fingerprint density at radius 3 is 2.75 bits per heavy atom. The first-order valence-corrected chi connectivity index (χ1v) is 5.85. The van der Waals surface area contributed by atoms with Gasteiger partial charge in [-0.15, -0.1) is 0 Å². The number of benzene rings is 1. The standard InChI is InChI=1S/C13H18FNO/c1-3-13(4-2)8-11(15)9-6-5-7-10(14)12(9)16-13/h5-7,11H,3-4,8,15H2,1-2H3. The molecule has 1 aliphatic heterocycles. The minimum absolute atomic E-state index is 0.126. The Labute approximate surface area is 95.6 Å². The first-order valence-electron chi connectivity index (χ1n) is 5.85. The van der Waals surface area contributed by atoms with Crippen LogP contribution >= 0.6 is 0 Å². The number of rotatable bonds is 2. The van der Waals surface area contributed by atoms with Crippen molar-refractivity contribution in [1.82, 2.24) is 0 Å². The minimum Gasteiger partial charge on any atom is -0.484 e. The summed E-state index contributed by atoms with van der Waals surface area (Å²) in [5, 5.41) is 0. The smallest absolute Gasteiger partial charge is 0.165 e. The Balaban J connectivity index is 2.45. The number of nitrogens with two attached hydrogens (primary N) is 1. The maximum Gasteiger partial charge on any atom is 0.165 e. The van der Waals surface area contributed by atoms with Gasteiger partial charge in [0, 0.05) is 18.0 Å². The Hall–Kier alpha value is -1.09. The summed E-state index contributed by atoms with van der Waals surface area (Å²) in [6, 6.07) is 4.83. The molecule has 3 heteroatoms. The third-order valence-electron chi connectivity index (χ3n) is 3.60. The highest BCUT2D eigenvalue weighted by Crippen LogP contribution is 2.42. The van der Waals surface area contributed by atoms with Crippen LogP contribution in [0.4, 0.5) is 4.39 Å². The number of ether oxygens (including phenoxy) is 1. The molecule has 0 saturated carbocycles. The maximum atomic E-state index is 13.7. The van der Waals surface area contributed by atoms with E-state index in [4.69, 9.17) is 10.5 Å². The molecule has 1 unspecified atom stereocenters. The molecule has 1 aromatic carbocycles. The summed E-state index contributed by atoms with van der Waals surface area (Å²) in [6.45, 7) is 4.12. The maximum absolute atomic E-state index is 13.7. The Morgan fingerprint density at radius 2 is 2.12 bits per heavy atom. The SMILES string of the molecule is CCC1(CC)CC(N)c2cccc(F)c2O1. The Morgan fingerprint density at radius 1 is 1.44 bits per heavy atom. The summed E-state index contributed by atoms with van der Waals surface area (Å²) in [5.41, 5.74) is 6.59. The van der Waals surface area contributed by atoms with Gasteiger partial charge in [-0.2, -0.15) is 0 Å². The van der Waals surface area contributed by atoms with E-state index in [1.165, 1.54) is 6.07 Å². The third kappa shape index (κ3) is 1.69. The topological polar surface area (TPSA) is 35.2 Å². The van der Waals surface area contributed by atoms with Gasteiger partial charge in [0.2, 0.25) is 0 Å². The minimum atomic E-state index is -0.307. The second-order valence-corrected chi connectivity index (χ2v) is 4.46. The van der Waals surface area contributed by atoms with E-state index in [1.54, 1.807) is 6.07 Å². The van der Waals surface area contributed by atoms with E-state index < -0.39 is 0 Å². The van der Waals surface area contributed by atoms with E-state index in [0.29, 0.717) is 5.75 Å². The highest BCUT2D eigenvalue weighted by atomic mass is 19.1. The van der Waals surface area contributed by atoms with Gasteiger partial charge < -0.3 is 10.5 Å². The van der Waals surface area contributed by atoms with E-state index >= 15 is 0 Å². The average Bonchev–Trinajstić information content (AvgIpc) is 2.30. The third-order valence-corrected chi connectivity index (χ3v) is 3.60. The first kappa shape index (κ1) is 11.4. The molecule has 0 aromatic heterocycles. The zero-order chi connectivity index (χ0) is 11.8. The molecule has 2 nitrogen and oxygen atoms in total. The molecule has 1 heterocycles. The zero-order valence-corrected chi connectivity index (χ0v) is 9.79. The van der Waals surface area contributed by atoms with Crippen LogP contribution in [-0.4, -0.2) is 5.60 Å². The largest absolute Gasteiger partial charge is 0.484 e. The van der Waals surface area contributed by atoms with E-state index in [9.17, 15) is 4.39 Å². The lowest BCUT2D eigenvalue weighted by molar-refractivity contribution is 0.0239. The van der Waals surface area contributed by atoms with Crippen molar-refractivity contribution in [3.05, 3.63) is 29.6 Å². The van der Waals surface area contributed by atoms with Crippen LogP contribution in [0.15, 0.2) is 18.2 Å². The molecule has 2 rings (SSSR count). The summed E-state index contributed by atoms with van der Waals surface area (Å²) in [6.07, 6.45) is 2.46. The average molecular weight is 223 g/mol. The molecule has 0 fully saturated rings. The normalized spacial score (nSPS) is 22.4. The predicted octanol–water partition coefficient (Wildman–Crippen LogP) is 3.17. The highest BCUT2D eigenvalue weighted by Gasteiger charge is 2.38. The Kier molecular flexibility index (Phi) is 2.89. The van der Waals surface area contributed by atoms with Crippen molar-refractivity contribution in [2.24, 2.45) is 5.73 Å². The summed E-state index contributed by atoms with van der Waals surface area (Å²) in [5.74, 6) is 0.0453. The van der Waals surface area contributed by atoms with Crippen molar-refractivity contribution in [3.63, 3.8) is 0 Å². The molecule has 0 bridgehead atoms. The van der Waals surface area contributed by atoms with Crippen LogP contribution in [-0.2, 0) is 0 Å². The van der Waals surface area contributed by atoms with Crippen molar-refractivity contribution in [2.75, 3.05) is 0 Å². The van der Waals surface area contributed by atoms with Gasteiger partial charge in [-0.3, -0.25) is 0 Å². The van der Waals surface area contributed by atoms with Gasteiger partial charge in [-0.25, -0.2) is 4.39 Å². The number of fused-ring (bicyclic) bond motifs is 1. The van der Waals surface area contributed by atoms with Crippen LogP contribution < -0.4 is 10.5 Å². The lowest BCUT2D eigenvalue weighted by Crippen LogP contribution is -2.42. The molecular weight excluding hydrogens is 205 g/mol. The molecule has 0 aliphatic carbocycles. The zero-order valence-electron chi connectivity index (χ0n) is 9.79. The number of hydrogen-bond donors (Lipinski definition) is 1. The second-order valence-electron chi connectivity index (χ2n) is 4.46. The molecule has 1 aliphatic rings. The number of hydrogen-bond acceptors (Lipinski definition) is 2. The molecule has 1 aromatic rings. The number of para-hydroxylation sites is 1. The fourth-order valence-electron chi connectivity index (χ4n) is 2.38. The van der Waals surface area contributed by atoms with E-state index in [-0.39, 0.29) is 17.5 Å².